The first kappa shape index (κ1) is 40.2. The van der Waals surface area contributed by atoms with Gasteiger partial charge in [-0.05, 0) is 79.5 Å². The van der Waals surface area contributed by atoms with E-state index in [1.165, 1.54) is 30.5 Å². The molecule has 14 nitrogen and oxygen atoms in total. The van der Waals surface area contributed by atoms with Crippen LogP contribution in [0.5, 0.6) is 0 Å². The summed E-state index contributed by atoms with van der Waals surface area (Å²) in [7, 11) is 2.48. The van der Waals surface area contributed by atoms with Gasteiger partial charge < -0.3 is 40.5 Å². The molecule has 0 radical (unpaired) electrons. The second-order valence-electron chi connectivity index (χ2n) is 14.1. The Morgan fingerprint density at radius 2 is 1.31 bits per heavy atom. The molecular weight excluding hydrogens is 781 g/mol. The van der Waals surface area contributed by atoms with Gasteiger partial charge in [0, 0.05) is 33.1 Å². The summed E-state index contributed by atoms with van der Waals surface area (Å²) < 4.78 is 11.5. The van der Waals surface area contributed by atoms with Crippen molar-refractivity contribution < 1.29 is 38.2 Å². The van der Waals surface area contributed by atoms with Gasteiger partial charge in [-0.2, -0.15) is 0 Å². The highest BCUT2D eigenvalue weighted by atomic mass is 32.1. The number of ether oxygens (including phenoxy) is 2. The number of benzene rings is 2. The molecule has 2 aromatic carbocycles. The molecule has 0 spiro atoms. The van der Waals surface area contributed by atoms with Crippen LogP contribution in [0.1, 0.15) is 50.1 Å². The van der Waals surface area contributed by atoms with Crippen LogP contribution >= 0.6 is 22.7 Å². The van der Waals surface area contributed by atoms with Crippen molar-refractivity contribution in [1.82, 2.24) is 20.4 Å². The van der Waals surface area contributed by atoms with Crippen LogP contribution < -0.4 is 21.3 Å². The van der Waals surface area contributed by atoms with Crippen LogP contribution in [0.15, 0.2) is 90.5 Å². The largest absolute Gasteiger partial charge is 0.453 e. The molecular formula is C42H44N6O8S2. The van der Waals surface area contributed by atoms with E-state index in [0.29, 0.717) is 60.6 Å². The number of alkyl carbamates (subject to hydrolysis) is 2. The third-order valence-electron chi connectivity index (χ3n) is 10.4. The maximum absolute atomic E-state index is 13.8. The number of thiophene rings is 2. The van der Waals surface area contributed by atoms with Crippen LogP contribution in [0.2, 0.25) is 0 Å². The number of methoxy groups -OCH3 is 2. The van der Waals surface area contributed by atoms with Crippen LogP contribution in [-0.4, -0.2) is 91.0 Å². The molecule has 1 aliphatic carbocycles. The van der Waals surface area contributed by atoms with Gasteiger partial charge in [0.15, 0.2) is 0 Å². The molecule has 3 aliphatic rings. The zero-order chi connectivity index (χ0) is 40.8. The van der Waals surface area contributed by atoms with Crippen molar-refractivity contribution in [3.63, 3.8) is 0 Å². The fraction of sp³-hybridized carbons (Fsp3) is 0.333. The third-order valence-corrected chi connectivity index (χ3v) is 12.7. The average Bonchev–Trinajstić information content (AvgIpc) is 4.07. The molecule has 2 aliphatic heterocycles. The lowest BCUT2D eigenvalue weighted by atomic mass is 9.98. The van der Waals surface area contributed by atoms with E-state index < -0.39 is 36.4 Å². The number of fused-ring (bicyclic) bond motifs is 1. The molecule has 302 valence electrons. The number of hydrogen-bond donors (Lipinski definition) is 4. The van der Waals surface area contributed by atoms with Crippen LogP contribution in [-0.2, 0) is 28.7 Å². The average molecular weight is 825 g/mol. The number of rotatable bonds is 11. The van der Waals surface area contributed by atoms with Crippen molar-refractivity contribution in [2.24, 2.45) is 0 Å². The van der Waals surface area contributed by atoms with Gasteiger partial charge in [-0.15, -0.1) is 22.7 Å². The molecule has 7 rings (SSSR count). The predicted molar refractivity (Wildman–Crippen MR) is 222 cm³/mol. The quantitative estimate of drug-likeness (QED) is 0.131. The summed E-state index contributed by atoms with van der Waals surface area (Å²) in [6, 6.07) is 17.0. The predicted octanol–water partition coefficient (Wildman–Crippen LogP) is 6.59. The molecule has 4 heterocycles. The van der Waals surface area contributed by atoms with E-state index in [0.717, 1.165) is 32.7 Å². The van der Waals surface area contributed by atoms with E-state index in [4.69, 9.17) is 9.47 Å². The zero-order valence-corrected chi connectivity index (χ0v) is 33.7. The number of hydrogen-bond acceptors (Lipinski definition) is 10. The van der Waals surface area contributed by atoms with E-state index in [2.05, 4.69) is 27.3 Å². The molecule has 0 saturated carbocycles. The molecule has 4 N–H and O–H groups in total. The summed E-state index contributed by atoms with van der Waals surface area (Å²) in [6.07, 6.45) is 8.18. The normalized spacial score (nSPS) is 18.6. The van der Waals surface area contributed by atoms with Crippen molar-refractivity contribution in [3.05, 3.63) is 96.1 Å². The molecule has 58 heavy (non-hydrogen) atoms. The van der Waals surface area contributed by atoms with E-state index in [9.17, 15) is 28.8 Å². The second kappa shape index (κ2) is 18.1. The summed E-state index contributed by atoms with van der Waals surface area (Å²) in [6.45, 7) is 0.789. The zero-order valence-electron chi connectivity index (χ0n) is 32.0. The van der Waals surface area contributed by atoms with E-state index in [1.807, 2.05) is 54.6 Å². The number of nitrogens with one attached hydrogen (secondary N) is 4. The fourth-order valence-corrected chi connectivity index (χ4v) is 9.85. The molecule has 6 amide bonds. The lowest BCUT2D eigenvalue weighted by Gasteiger charge is -2.29. The Balaban J connectivity index is 0.971. The number of carbonyl (C=O) groups is 6. The minimum absolute atomic E-state index is 0.276. The van der Waals surface area contributed by atoms with Gasteiger partial charge in [-0.3, -0.25) is 19.2 Å². The molecule has 16 heteroatoms. The number of carbonyl (C=O) groups excluding carboxylic acids is 6. The second-order valence-corrected chi connectivity index (χ2v) is 16.3. The third kappa shape index (κ3) is 8.92. The molecule has 4 aromatic rings. The van der Waals surface area contributed by atoms with Crippen molar-refractivity contribution in [3.8, 4) is 10.4 Å². The van der Waals surface area contributed by atoms with Crippen LogP contribution in [0.4, 0.5) is 20.3 Å². The van der Waals surface area contributed by atoms with Gasteiger partial charge >= 0.3 is 12.2 Å². The molecule has 2 aromatic heterocycles. The molecule has 0 bridgehead atoms. The monoisotopic (exact) mass is 824 g/mol. The molecule has 2 fully saturated rings. The lowest BCUT2D eigenvalue weighted by Crippen LogP contribution is -2.53. The first-order valence-electron chi connectivity index (χ1n) is 19.1. The van der Waals surface area contributed by atoms with Gasteiger partial charge in [-0.1, -0.05) is 60.7 Å². The number of allylic oxidation sites excluding steroid dienone is 2. The van der Waals surface area contributed by atoms with E-state index in [-0.39, 0.29) is 23.6 Å². The minimum atomic E-state index is -0.999. The Morgan fingerprint density at radius 1 is 0.707 bits per heavy atom. The van der Waals surface area contributed by atoms with E-state index >= 15 is 0 Å². The van der Waals surface area contributed by atoms with Gasteiger partial charge in [0.1, 0.15) is 24.2 Å². The lowest BCUT2D eigenvalue weighted by molar-refractivity contribution is -0.138. The van der Waals surface area contributed by atoms with Crippen LogP contribution in [0.3, 0.4) is 0 Å². The summed E-state index contributed by atoms with van der Waals surface area (Å²) in [5, 5.41) is 11.9. The van der Waals surface area contributed by atoms with Crippen LogP contribution in [0.25, 0.3) is 19.8 Å². The van der Waals surface area contributed by atoms with Gasteiger partial charge in [0.05, 0.1) is 19.2 Å². The van der Waals surface area contributed by atoms with Gasteiger partial charge in [-0.25, -0.2) is 9.59 Å². The van der Waals surface area contributed by atoms with Crippen molar-refractivity contribution >= 4 is 78.6 Å². The Bertz CT molecular complexity index is 2220. The molecule has 4 atom stereocenters. The molecule has 0 unspecified atom stereocenters. The maximum atomic E-state index is 13.8. The first-order valence-corrected chi connectivity index (χ1v) is 20.7. The standard InChI is InChI=1S/C42H44N6O8S2/c1-55-41(53)45-35(26-11-5-3-6-12-26)39(51)47-21-9-15-29(47)37(49)43-28-19-17-25(18-20-28)31-23-32-33(57-31)24-34(58-32)44-38(50)30-16-10-22-48(30)40(52)36(46-42(54)56-2)27-13-7-4-8-14-27/h3,5-7,11-14,17-20,23-24,29-30,35-36H,4,8-10,15-16,21-22H2,1-2H3,(H,43,49)(H,44,50)(H,45,53)(H,46,54)/t29-,30-,35+,36+/m0/s1. The smallest absolute Gasteiger partial charge is 0.407 e. The maximum Gasteiger partial charge on any atom is 0.407 e. The Kier molecular flexibility index (Phi) is 12.5. The molecule has 2 saturated heterocycles. The summed E-state index contributed by atoms with van der Waals surface area (Å²) in [4.78, 5) is 82.9. The summed E-state index contributed by atoms with van der Waals surface area (Å²) >= 11 is 3.02. The summed E-state index contributed by atoms with van der Waals surface area (Å²) in [5.74, 6) is -1.32. The Hall–Kier alpha value is -6.00. The number of anilines is 2. The number of amides is 6. The van der Waals surface area contributed by atoms with Gasteiger partial charge in [0.2, 0.25) is 11.8 Å². The number of likely N-dealkylation sites (tertiary alicyclic amines) is 2. The van der Waals surface area contributed by atoms with Crippen molar-refractivity contribution in [2.45, 2.75) is 62.7 Å². The van der Waals surface area contributed by atoms with Crippen molar-refractivity contribution in [2.75, 3.05) is 37.9 Å². The first-order chi connectivity index (χ1) is 28.1. The topological polar surface area (TPSA) is 175 Å². The van der Waals surface area contributed by atoms with Gasteiger partial charge in [0.25, 0.3) is 11.8 Å². The van der Waals surface area contributed by atoms with Crippen LogP contribution in [0, 0.1) is 0 Å². The van der Waals surface area contributed by atoms with Crippen molar-refractivity contribution in [1.29, 1.82) is 0 Å². The van der Waals surface area contributed by atoms with E-state index in [1.54, 1.807) is 40.5 Å². The highest BCUT2D eigenvalue weighted by Crippen LogP contribution is 2.41. The summed E-state index contributed by atoms with van der Waals surface area (Å²) in [5.41, 5.74) is 2.80. The highest BCUT2D eigenvalue weighted by Gasteiger charge is 2.40. The fourth-order valence-electron chi connectivity index (χ4n) is 7.55. The Labute approximate surface area is 343 Å². The highest BCUT2D eigenvalue weighted by molar-refractivity contribution is 7.31. The SMILES string of the molecule is COC(=O)N[C@@H](C(=O)N1CCC[C@H]1C(=O)Nc1cc2sc(-c3ccc(NC(=O)[C@@H]4CCCN4C(=O)[C@H](NC(=O)OC)c4ccccc4)cc3)cc2s1)C1=CCCC=C1. The minimum Gasteiger partial charge on any atom is -0.453 e. The number of nitrogens with zero attached hydrogens (tertiary/aromatic N) is 2. The Morgan fingerprint density at radius 3 is 1.91 bits per heavy atom.